The van der Waals surface area contributed by atoms with Gasteiger partial charge in [-0.25, -0.2) is 0 Å². The molecule has 0 fully saturated rings. The van der Waals surface area contributed by atoms with Crippen LogP contribution in [0.3, 0.4) is 0 Å². The SMILES string of the molecule is CCc1ccc(C(C)Nc2cc(C)cc([N+](=O)[O-])c2)cc1. The first kappa shape index (κ1) is 15.0. The molecule has 0 heterocycles. The molecule has 2 rings (SSSR count). The van der Waals surface area contributed by atoms with Gasteiger partial charge < -0.3 is 5.32 Å². The van der Waals surface area contributed by atoms with Crippen molar-refractivity contribution < 1.29 is 4.92 Å². The molecule has 0 bridgehead atoms. The van der Waals surface area contributed by atoms with Crippen LogP contribution in [0.15, 0.2) is 42.5 Å². The highest BCUT2D eigenvalue weighted by Gasteiger charge is 2.10. The quantitative estimate of drug-likeness (QED) is 0.643. The van der Waals surface area contributed by atoms with E-state index in [9.17, 15) is 10.1 Å². The molecule has 2 aromatic carbocycles. The molecular weight excluding hydrogens is 264 g/mol. The lowest BCUT2D eigenvalue weighted by atomic mass is 10.0. The van der Waals surface area contributed by atoms with E-state index in [1.807, 2.05) is 13.0 Å². The van der Waals surface area contributed by atoms with Crippen LogP contribution in [-0.4, -0.2) is 4.92 Å². The van der Waals surface area contributed by atoms with Crippen molar-refractivity contribution in [3.05, 3.63) is 69.3 Å². The van der Waals surface area contributed by atoms with E-state index < -0.39 is 0 Å². The first-order valence-corrected chi connectivity index (χ1v) is 7.11. The zero-order chi connectivity index (χ0) is 15.4. The van der Waals surface area contributed by atoms with Gasteiger partial charge in [-0.05, 0) is 43.0 Å². The maximum absolute atomic E-state index is 10.9. The number of non-ortho nitro benzene ring substituents is 1. The first-order valence-electron chi connectivity index (χ1n) is 7.11. The highest BCUT2D eigenvalue weighted by molar-refractivity contribution is 5.54. The fraction of sp³-hybridized carbons (Fsp3) is 0.294. The molecule has 1 unspecified atom stereocenters. The Bertz CT molecular complexity index is 636. The number of rotatable bonds is 5. The van der Waals surface area contributed by atoms with Gasteiger partial charge in [-0.15, -0.1) is 0 Å². The average Bonchev–Trinajstić information content (AvgIpc) is 2.46. The summed E-state index contributed by atoms with van der Waals surface area (Å²) in [6.45, 7) is 6.04. The first-order chi connectivity index (χ1) is 9.99. The Morgan fingerprint density at radius 2 is 1.86 bits per heavy atom. The zero-order valence-electron chi connectivity index (χ0n) is 12.6. The zero-order valence-corrected chi connectivity index (χ0v) is 12.6. The van der Waals surface area contributed by atoms with Crippen LogP contribution in [0.25, 0.3) is 0 Å². The Hall–Kier alpha value is -2.36. The predicted molar refractivity (Wildman–Crippen MR) is 85.7 cm³/mol. The van der Waals surface area contributed by atoms with Crippen molar-refractivity contribution in [2.45, 2.75) is 33.2 Å². The third-order valence-electron chi connectivity index (χ3n) is 3.54. The molecule has 110 valence electrons. The van der Waals surface area contributed by atoms with Crippen LogP contribution in [0.4, 0.5) is 11.4 Å². The van der Waals surface area contributed by atoms with Crippen LogP contribution in [0, 0.1) is 17.0 Å². The molecule has 2 aromatic rings. The van der Waals surface area contributed by atoms with Gasteiger partial charge in [-0.1, -0.05) is 31.2 Å². The van der Waals surface area contributed by atoms with Crippen molar-refractivity contribution in [3.63, 3.8) is 0 Å². The molecule has 0 spiro atoms. The second-order valence-corrected chi connectivity index (χ2v) is 5.28. The maximum Gasteiger partial charge on any atom is 0.271 e. The highest BCUT2D eigenvalue weighted by atomic mass is 16.6. The number of aryl methyl sites for hydroxylation is 2. The number of nitrogens with zero attached hydrogens (tertiary/aromatic N) is 1. The molecule has 0 saturated heterocycles. The third kappa shape index (κ3) is 3.81. The molecule has 21 heavy (non-hydrogen) atoms. The van der Waals surface area contributed by atoms with Gasteiger partial charge in [0.15, 0.2) is 0 Å². The van der Waals surface area contributed by atoms with Gasteiger partial charge in [0.25, 0.3) is 5.69 Å². The molecule has 0 aromatic heterocycles. The van der Waals surface area contributed by atoms with Crippen LogP contribution >= 0.6 is 0 Å². The Morgan fingerprint density at radius 1 is 1.19 bits per heavy atom. The van der Waals surface area contributed by atoms with E-state index in [1.165, 1.54) is 5.56 Å². The van der Waals surface area contributed by atoms with E-state index >= 15 is 0 Å². The second kappa shape index (κ2) is 6.39. The van der Waals surface area contributed by atoms with Crippen molar-refractivity contribution >= 4 is 11.4 Å². The molecule has 0 aliphatic carbocycles. The fourth-order valence-corrected chi connectivity index (χ4v) is 2.33. The lowest BCUT2D eigenvalue weighted by Gasteiger charge is -2.16. The Labute approximate surface area is 125 Å². The molecule has 0 radical (unpaired) electrons. The summed E-state index contributed by atoms with van der Waals surface area (Å²) in [6.07, 6.45) is 1.02. The largest absolute Gasteiger partial charge is 0.378 e. The predicted octanol–water partition coefficient (Wildman–Crippen LogP) is 4.64. The Morgan fingerprint density at radius 3 is 2.43 bits per heavy atom. The smallest absolute Gasteiger partial charge is 0.271 e. The molecule has 1 atom stereocenters. The summed E-state index contributed by atoms with van der Waals surface area (Å²) in [5.74, 6) is 0. The van der Waals surface area contributed by atoms with Gasteiger partial charge in [0.1, 0.15) is 0 Å². The number of anilines is 1. The monoisotopic (exact) mass is 284 g/mol. The minimum atomic E-state index is -0.362. The number of hydrogen-bond acceptors (Lipinski definition) is 3. The normalized spacial score (nSPS) is 12.0. The summed E-state index contributed by atoms with van der Waals surface area (Å²) < 4.78 is 0. The second-order valence-electron chi connectivity index (χ2n) is 5.28. The van der Waals surface area contributed by atoms with E-state index in [0.717, 1.165) is 23.2 Å². The number of benzene rings is 2. The molecule has 0 aliphatic heterocycles. The molecule has 0 saturated carbocycles. The van der Waals surface area contributed by atoms with Gasteiger partial charge in [-0.2, -0.15) is 0 Å². The van der Waals surface area contributed by atoms with Crippen molar-refractivity contribution in [1.29, 1.82) is 0 Å². The van der Waals surface area contributed by atoms with Crippen LogP contribution in [0.2, 0.25) is 0 Å². The number of hydrogen-bond donors (Lipinski definition) is 1. The summed E-state index contributed by atoms with van der Waals surface area (Å²) in [5, 5.41) is 14.2. The summed E-state index contributed by atoms with van der Waals surface area (Å²) in [7, 11) is 0. The van der Waals surface area contributed by atoms with E-state index in [4.69, 9.17) is 0 Å². The minimum Gasteiger partial charge on any atom is -0.378 e. The van der Waals surface area contributed by atoms with Crippen LogP contribution < -0.4 is 5.32 Å². The van der Waals surface area contributed by atoms with Crippen molar-refractivity contribution in [1.82, 2.24) is 0 Å². The van der Waals surface area contributed by atoms with Crippen LogP contribution in [-0.2, 0) is 6.42 Å². The van der Waals surface area contributed by atoms with Crippen molar-refractivity contribution in [2.24, 2.45) is 0 Å². The van der Waals surface area contributed by atoms with Gasteiger partial charge in [-0.3, -0.25) is 10.1 Å². The van der Waals surface area contributed by atoms with E-state index in [2.05, 4.69) is 43.4 Å². The summed E-state index contributed by atoms with van der Waals surface area (Å²) >= 11 is 0. The molecule has 4 nitrogen and oxygen atoms in total. The van der Waals surface area contributed by atoms with Crippen molar-refractivity contribution in [2.75, 3.05) is 5.32 Å². The Kier molecular flexibility index (Phi) is 4.58. The van der Waals surface area contributed by atoms with E-state index in [1.54, 1.807) is 12.1 Å². The molecule has 1 N–H and O–H groups in total. The standard InChI is InChI=1S/C17H20N2O2/c1-4-14-5-7-15(8-6-14)13(3)18-16-9-12(2)10-17(11-16)19(20)21/h5-11,13,18H,4H2,1-3H3. The van der Waals surface area contributed by atoms with Gasteiger partial charge in [0.05, 0.1) is 4.92 Å². The third-order valence-corrected chi connectivity index (χ3v) is 3.54. The van der Waals surface area contributed by atoms with Gasteiger partial charge in [0, 0.05) is 23.9 Å². The van der Waals surface area contributed by atoms with E-state index in [-0.39, 0.29) is 16.7 Å². The maximum atomic E-state index is 10.9. The summed E-state index contributed by atoms with van der Waals surface area (Å²) in [5.41, 5.74) is 4.23. The van der Waals surface area contributed by atoms with Gasteiger partial charge >= 0.3 is 0 Å². The summed E-state index contributed by atoms with van der Waals surface area (Å²) in [4.78, 5) is 10.5. The van der Waals surface area contributed by atoms with Gasteiger partial charge in [0.2, 0.25) is 0 Å². The molecule has 4 heteroatoms. The fourth-order valence-electron chi connectivity index (χ4n) is 2.33. The highest BCUT2D eigenvalue weighted by Crippen LogP contribution is 2.25. The summed E-state index contributed by atoms with van der Waals surface area (Å²) in [6, 6.07) is 13.6. The lowest BCUT2D eigenvalue weighted by Crippen LogP contribution is -2.07. The van der Waals surface area contributed by atoms with Crippen LogP contribution in [0.1, 0.15) is 36.6 Å². The average molecular weight is 284 g/mol. The number of nitro benzene ring substituents is 1. The molecule has 0 amide bonds. The molecular formula is C17H20N2O2. The van der Waals surface area contributed by atoms with Crippen molar-refractivity contribution in [3.8, 4) is 0 Å². The number of nitro groups is 1. The lowest BCUT2D eigenvalue weighted by molar-refractivity contribution is -0.384. The molecule has 0 aliphatic rings. The topological polar surface area (TPSA) is 55.2 Å². The minimum absolute atomic E-state index is 0.0947. The van der Waals surface area contributed by atoms with Crippen LogP contribution in [0.5, 0.6) is 0 Å². The number of nitrogens with one attached hydrogen (secondary N) is 1. The van der Waals surface area contributed by atoms with E-state index in [0.29, 0.717) is 0 Å². The Balaban J connectivity index is 2.18.